The van der Waals surface area contributed by atoms with E-state index in [1.165, 1.54) is 38.6 Å². The first-order chi connectivity index (χ1) is 9.81. The third-order valence-corrected chi connectivity index (χ3v) is 3.47. The summed E-state index contributed by atoms with van der Waals surface area (Å²) in [6.07, 6.45) is 6.37. The molecule has 8 heteroatoms. The minimum atomic E-state index is 0. The Morgan fingerprint density at radius 1 is 0.583 bits per heavy atom. The van der Waals surface area contributed by atoms with E-state index in [1.54, 1.807) is 0 Å². The lowest BCUT2D eigenvalue weighted by molar-refractivity contribution is 0.472. The fourth-order valence-corrected chi connectivity index (χ4v) is 2.18. The minimum absolute atomic E-state index is 0. The number of halogens is 4. The van der Waals surface area contributed by atoms with Crippen LogP contribution in [0.5, 0.6) is 0 Å². The Kier molecular flexibility index (Phi) is 49.5. The van der Waals surface area contributed by atoms with Gasteiger partial charge in [-0.1, -0.05) is 20.3 Å². The molecule has 4 nitrogen and oxygen atoms in total. The first-order valence-electron chi connectivity index (χ1n) is 8.66. The van der Waals surface area contributed by atoms with Crippen LogP contribution >= 0.6 is 67.9 Å². The topological polar surface area (TPSA) is 48.1 Å². The number of hydrogen-bond donors (Lipinski definition) is 4. The molecule has 0 aromatic rings. The highest BCUT2D eigenvalue weighted by Crippen LogP contribution is 1.99. The molecule has 0 rings (SSSR count). The van der Waals surface area contributed by atoms with Crippen molar-refractivity contribution in [1.82, 2.24) is 21.3 Å². The lowest BCUT2D eigenvalue weighted by Crippen LogP contribution is -2.29. The second-order valence-corrected chi connectivity index (χ2v) is 5.52. The van der Waals surface area contributed by atoms with Gasteiger partial charge in [-0.05, 0) is 78.4 Å². The molecule has 0 saturated heterocycles. The molecule has 154 valence electrons. The molecule has 0 spiro atoms. The van der Waals surface area contributed by atoms with Crippen LogP contribution in [0, 0.1) is 0 Å². The molecule has 0 fully saturated rings. The predicted octanol–water partition coefficient (Wildman–Crippen LogP) is 4.04. The van der Waals surface area contributed by atoms with Crippen LogP contribution in [0.2, 0.25) is 0 Å². The van der Waals surface area contributed by atoms with Crippen molar-refractivity contribution in [2.24, 2.45) is 0 Å². The van der Waals surface area contributed by atoms with E-state index in [0.717, 1.165) is 39.3 Å². The Hall–Kier alpha value is 1.76. The van der Waals surface area contributed by atoms with Crippen LogP contribution < -0.4 is 21.3 Å². The zero-order valence-electron chi connectivity index (χ0n) is 15.7. The number of rotatable bonds is 16. The fourth-order valence-electron chi connectivity index (χ4n) is 2.18. The molecule has 0 aliphatic heterocycles. The maximum absolute atomic E-state index is 3.60. The number of nitrogens with one attached hydrogen (secondary N) is 4. The van der Waals surface area contributed by atoms with Crippen molar-refractivity contribution in [2.75, 3.05) is 45.8 Å². The average molecular weight is 610 g/mol. The summed E-state index contributed by atoms with van der Waals surface area (Å²) in [6.45, 7) is 14.5. The molecular weight excluding hydrogens is 568 g/mol. The molecular formula is C16H42Br4N4. The van der Waals surface area contributed by atoms with E-state index in [2.05, 4.69) is 42.0 Å². The molecule has 0 saturated carbocycles. The normalized spacial score (nSPS) is 10.6. The van der Waals surface area contributed by atoms with Crippen molar-refractivity contribution in [3.05, 3.63) is 0 Å². The van der Waals surface area contributed by atoms with Crippen molar-refractivity contribution in [2.45, 2.75) is 58.9 Å². The molecule has 0 aromatic carbocycles. The Bertz CT molecular complexity index is 191. The smallest absolute Gasteiger partial charge is 0.00387 e. The van der Waals surface area contributed by atoms with E-state index >= 15 is 0 Å². The largest absolute Gasteiger partial charge is 0.317 e. The van der Waals surface area contributed by atoms with Crippen LogP contribution in [0.1, 0.15) is 52.9 Å². The molecule has 0 aliphatic carbocycles. The lowest BCUT2D eigenvalue weighted by Gasteiger charge is -2.13. The van der Waals surface area contributed by atoms with Gasteiger partial charge in [-0.25, -0.2) is 0 Å². The van der Waals surface area contributed by atoms with Gasteiger partial charge in [0.1, 0.15) is 0 Å². The van der Waals surface area contributed by atoms with Gasteiger partial charge in [0.05, 0.1) is 0 Å². The van der Waals surface area contributed by atoms with Gasteiger partial charge in [0.2, 0.25) is 0 Å². The zero-order valence-corrected chi connectivity index (χ0v) is 22.5. The first-order valence-corrected chi connectivity index (χ1v) is 8.66. The molecule has 24 heavy (non-hydrogen) atoms. The monoisotopic (exact) mass is 606 g/mol. The van der Waals surface area contributed by atoms with Crippen molar-refractivity contribution >= 4 is 67.9 Å². The van der Waals surface area contributed by atoms with E-state index in [-0.39, 0.29) is 67.9 Å². The second-order valence-electron chi connectivity index (χ2n) is 5.52. The Balaban J connectivity index is -0.000000301. The van der Waals surface area contributed by atoms with Gasteiger partial charge in [0, 0.05) is 6.04 Å². The van der Waals surface area contributed by atoms with Gasteiger partial charge >= 0.3 is 0 Å². The first kappa shape index (κ1) is 36.6. The molecule has 0 heterocycles. The van der Waals surface area contributed by atoms with Crippen LogP contribution in [0.25, 0.3) is 0 Å². The van der Waals surface area contributed by atoms with Crippen LogP contribution in [-0.2, 0) is 0 Å². The van der Waals surface area contributed by atoms with Crippen LogP contribution in [0.4, 0.5) is 0 Å². The maximum Gasteiger partial charge on any atom is 0.00387 e. The fraction of sp³-hybridized carbons (Fsp3) is 1.00. The zero-order chi connectivity index (χ0) is 14.9. The maximum atomic E-state index is 3.60. The van der Waals surface area contributed by atoms with E-state index in [1.807, 2.05) is 0 Å². The summed E-state index contributed by atoms with van der Waals surface area (Å²) < 4.78 is 0. The number of hydrogen-bond acceptors (Lipinski definition) is 4. The highest BCUT2D eigenvalue weighted by atomic mass is 79.9. The summed E-state index contributed by atoms with van der Waals surface area (Å²) >= 11 is 0. The minimum Gasteiger partial charge on any atom is -0.317 e. The van der Waals surface area contributed by atoms with E-state index in [4.69, 9.17) is 0 Å². The SMILES string of the molecule is Br.Br.Br.Br.CCNCCCNCCCCC(C)NCCCNCC. The Morgan fingerprint density at radius 3 is 1.58 bits per heavy atom. The van der Waals surface area contributed by atoms with Crippen molar-refractivity contribution < 1.29 is 0 Å². The Labute approximate surface area is 192 Å². The summed E-state index contributed by atoms with van der Waals surface area (Å²) in [5, 5.41) is 13.8. The lowest BCUT2D eigenvalue weighted by atomic mass is 10.1. The molecule has 4 N–H and O–H groups in total. The van der Waals surface area contributed by atoms with Gasteiger partial charge in [-0.15, -0.1) is 67.9 Å². The van der Waals surface area contributed by atoms with Gasteiger partial charge in [0.15, 0.2) is 0 Å². The molecule has 0 aliphatic rings. The summed E-state index contributed by atoms with van der Waals surface area (Å²) in [5.41, 5.74) is 0. The molecule has 1 unspecified atom stereocenters. The highest BCUT2D eigenvalue weighted by molar-refractivity contribution is 8.93. The summed E-state index contributed by atoms with van der Waals surface area (Å²) in [5.74, 6) is 0. The third kappa shape index (κ3) is 31.5. The molecule has 0 bridgehead atoms. The average Bonchev–Trinajstić information content (AvgIpc) is 2.45. The second kappa shape index (κ2) is 32.4. The van der Waals surface area contributed by atoms with E-state index < -0.39 is 0 Å². The van der Waals surface area contributed by atoms with Crippen molar-refractivity contribution in [1.29, 1.82) is 0 Å². The molecule has 0 amide bonds. The van der Waals surface area contributed by atoms with Crippen LogP contribution in [0.3, 0.4) is 0 Å². The quantitative estimate of drug-likeness (QED) is 0.200. The highest BCUT2D eigenvalue weighted by Gasteiger charge is 2.00. The van der Waals surface area contributed by atoms with Gasteiger partial charge in [-0.2, -0.15) is 0 Å². The number of unbranched alkanes of at least 4 members (excludes halogenated alkanes) is 1. The summed E-state index contributed by atoms with van der Waals surface area (Å²) in [6, 6.07) is 0.658. The molecule has 1 atom stereocenters. The third-order valence-electron chi connectivity index (χ3n) is 3.47. The van der Waals surface area contributed by atoms with E-state index in [9.17, 15) is 0 Å². The van der Waals surface area contributed by atoms with E-state index in [0.29, 0.717) is 6.04 Å². The molecule has 0 radical (unpaired) electrons. The summed E-state index contributed by atoms with van der Waals surface area (Å²) in [7, 11) is 0. The van der Waals surface area contributed by atoms with Gasteiger partial charge < -0.3 is 21.3 Å². The van der Waals surface area contributed by atoms with Crippen molar-refractivity contribution in [3.8, 4) is 0 Å². The summed E-state index contributed by atoms with van der Waals surface area (Å²) in [4.78, 5) is 0. The predicted molar refractivity (Wildman–Crippen MR) is 132 cm³/mol. The molecule has 0 aromatic heterocycles. The van der Waals surface area contributed by atoms with Crippen LogP contribution in [0.15, 0.2) is 0 Å². The van der Waals surface area contributed by atoms with Crippen molar-refractivity contribution in [3.63, 3.8) is 0 Å². The van der Waals surface area contributed by atoms with Crippen LogP contribution in [-0.4, -0.2) is 51.9 Å². The van der Waals surface area contributed by atoms with Gasteiger partial charge in [0.25, 0.3) is 0 Å². The Morgan fingerprint density at radius 2 is 1.04 bits per heavy atom. The standard InChI is InChI=1S/C16H38N4.4BrH/c1-4-17-12-8-14-19-11-7-6-10-16(3)20-15-9-13-18-5-2;;;;/h16-20H,4-15H2,1-3H3;4*1H. The van der Waals surface area contributed by atoms with Gasteiger partial charge in [-0.3, -0.25) is 0 Å².